The van der Waals surface area contributed by atoms with Gasteiger partial charge in [-0.3, -0.25) is 0 Å². The van der Waals surface area contributed by atoms with Crippen molar-refractivity contribution in [1.82, 2.24) is 0 Å². The smallest absolute Gasteiger partial charge is 0.207 e. The average molecular weight is 565 g/mol. The van der Waals surface area contributed by atoms with Crippen LogP contribution in [-0.2, 0) is 9.84 Å². The summed E-state index contributed by atoms with van der Waals surface area (Å²) in [6, 6.07) is 9.65. The van der Waals surface area contributed by atoms with Gasteiger partial charge < -0.3 is 28.8 Å². The first kappa shape index (κ1) is 36.2. The van der Waals surface area contributed by atoms with Crippen LogP contribution in [0, 0.1) is 0 Å². The first-order valence-corrected chi connectivity index (χ1v) is 15.4. The van der Waals surface area contributed by atoms with Crippen LogP contribution in [0.2, 0.25) is 0 Å². The highest BCUT2D eigenvalue weighted by atomic mass is 32.2. The molecule has 0 bridgehead atoms. The van der Waals surface area contributed by atoms with E-state index in [0.29, 0.717) is 0 Å². The fourth-order valence-electron chi connectivity index (χ4n) is 4.54. The van der Waals surface area contributed by atoms with Crippen LogP contribution in [-0.4, -0.2) is 81.7 Å². The third kappa shape index (κ3) is 9.74. The summed E-state index contributed by atoms with van der Waals surface area (Å²) in [5.74, 6) is -3.33. The van der Waals surface area contributed by atoms with Gasteiger partial charge in [0.1, 0.15) is 0 Å². The van der Waals surface area contributed by atoms with Crippen LogP contribution in [0.4, 0.5) is 0 Å². The van der Waals surface area contributed by atoms with E-state index < -0.39 is 42.7 Å². The van der Waals surface area contributed by atoms with Crippen LogP contribution in [0.1, 0.15) is 76.1 Å². The zero-order valence-electron chi connectivity index (χ0n) is 25.0. The molecule has 0 saturated carbocycles. The Morgan fingerprint density at radius 3 is 0.949 bits per heavy atom. The molecule has 220 valence electrons. The Hall–Kier alpha value is -2.75. The molecule has 0 radical (unpaired) electrons. The predicted molar refractivity (Wildman–Crippen MR) is 152 cm³/mol. The Labute approximate surface area is 236 Å². The summed E-state index contributed by atoms with van der Waals surface area (Å²) in [7, 11) is -4.33. The van der Waals surface area contributed by atoms with E-state index in [9.17, 15) is 28.2 Å². The van der Waals surface area contributed by atoms with Crippen LogP contribution >= 0.6 is 0 Å². The molecular formula is C30H48N2O6S. The second-order valence-electron chi connectivity index (χ2n) is 9.28. The minimum Gasteiger partial charge on any atom is -0.545 e. The van der Waals surface area contributed by atoms with Crippen LogP contribution in [0.3, 0.4) is 0 Å². The Bertz CT molecular complexity index is 1020. The maximum Gasteiger partial charge on any atom is 0.207 e. The van der Waals surface area contributed by atoms with Gasteiger partial charge in [-0.15, -0.1) is 0 Å². The molecule has 2 rings (SSSR count). The molecule has 0 amide bonds. The first-order valence-electron chi connectivity index (χ1n) is 13.9. The number of quaternary nitrogens is 2. The molecule has 39 heavy (non-hydrogen) atoms. The van der Waals surface area contributed by atoms with Crippen LogP contribution in [0.15, 0.2) is 58.3 Å². The van der Waals surface area contributed by atoms with Crippen molar-refractivity contribution in [2.24, 2.45) is 0 Å². The zero-order chi connectivity index (χ0) is 30.3. The molecule has 0 aromatic heterocycles. The fourth-order valence-corrected chi connectivity index (χ4v) is 6.18. The number of aromatic carboxylic acids is 2. The maximum absolute atomic E-state index is 12.5. The zero-order valence-corrected chi connectivity index (χ0v) is 25.8. The Kier molecular flexibility index (Phi) is 15.8. The summed E-state index contributed by atoms with van der Waals surface area (Å²) in [4.78, 5) is 21.0. The summed E-state index contributed by atoms with van der Waals surface area (Å²) in [6.45, 7) is 28.4. The van der Waals surface area contributed by atoms with Crippen molar-refractivity contribution in [2.45, 2.75) is 65.2 Å². The van der Waals surface area contributed by atoms with E-state index in [1.54, 1.807) is 0 Å². The number of carboxylic acids is 2. The van der Waals surface area contributed by atoms with Crippen molar-refractivity contribution in [2.75, 3.05) is 52.4 Å². The first-order chi connectivity index (χ1) is 18.3. The molecule has 8 nitrogen and oxygen atoms in total. The van der Waals surface area contributed by atoms with E-state index in [1.165, 1.54) is 85.6 Å². The lowest BCUT2D eigenvalue weighted by Gasteiger charge is -2.34. The molecule has 0 fully saturated rings. The van der Waals surface area contributed by atoms with Gasteiger partial charge in [-0.25, -0.2) is 8.42 Å². The van der Waals surface area contributed by atoms with Crippen molar-refractivity contribution >= 4 is 21.8 Å². The Balaban J connectivity index is 0.000000667. The molecule has 9 heteroatoms. The van der Waals surface area contributed by atoms with Crippen molar-refractivity contribution in [1.29, 1.82) is 0 Å². The molecule has 0 unspecified atom stereocenters. The molecule has 0 aliphatic rings. The van der Waals surface area contributed by atoms with E-state index in [2.05, 4.69) is 55.4 Å². The maximum atomic E-state index is 12.5. The number of nitrogens with zero attached hydrogens (tertiary/aromatic N) is 2. The largest absolute Gasteiger partial charge is 0.545 e. The molecule has 0 aliphatic carbocycles. The van der Waals surface area contributed by atoms with Gasteiger partial charge in [0.05, 0.1) is 74.1 Å². The van der Waals surface area contributed by atoms with Crippen LogP contribution < -0.4 is 10.2 Å². The summed E-state index contributed by atoms with van der Waals surface area (Å²) in [6.07, 6.45) is 0. The van der Waals surface area contributed by atoms with Crippen molar-refractivity contribution in [3.63, 3.8) is 0 Å². The topological polar surface area (TPSA) is 114 Å². The van der Waals surface area contributed by atoms with Gasteiger partial charge in [0.25, 0.3) is 0 Å². The predicted octanol–water partition coefficient (Wildman–Crippen LogP) is 3.01. The van der Waals surface area contributed by atoms with Gasteiger partial charge in [0.2, 0.25) is 9.84 Å². The van der Waals surface area contributed by atoms with E-state index in [4.69, 9.17) is 0 Å². The Morgan fingerprint density at radius 1 is 0.538 bits per heavy atom. The number of rotatable bonds is 12. The standard InChI is InChI=1S/C14H10O6S.2C8H20N/c15-13(16)9-5-1-3-7-11(9)21(19,20)12-8-4-2-6-10(12)14(17)18;2*1-5-9(6-2,7-3)8-4/h1-8H,(H,15,16)(H,17,18);2*5-8H2,1-4H3/q;2*+1/p-2. The van der Waals surface area contributed by atoms with Gasteiger partial charge in [0.15, 0.2) is 0 Å². The third-order valence-electron chi connectivity index (χ3n) is 8.16. The number of hydrogen-bond acceptors (Lipinski definition) is 6. The average Bonchev–Trinajstić information content (AvgIpc) is 2.97. The molecule has 2 aromatic carbocycles. The lowest BCUT2D eigenvalue weighted by atomic mass is 10.2. The molecule has 0 N–H and O–H groups in total. The van der Waals surface area contributed by atoms with Gasteiger partial charge in [-0.1, -0.05) is 36.4 Å². The number of carboxylic acid groups (broad SMARTS) is 2. The number of sulfone groups is 1. The quantitative estimate of drug-likeness (QED) is 0.366. The minimum atomic E-state index is -4.33. The number of benzene rings is 2. The highest BCUT2D eigenvalue weighted by Crippen LogP contribution is 2.26. The van der Waals surface area contributed by atoms with Crippen LogP contribution in [0.25, 0.3) is 0 Å². The van der Waals surface area contributed by atoms with Crippen molar-refractivity contribution < 1.29 is 37.2 Å². The van der Waals surface area contributed by atoms with E-state index in [-0.39, 0.29) is 0 Å². The minimum absolute atomic E-state index is 0.529. The summed E-state index contributed by atoms with van der Waals surface area (Å²) >= 11 is 0. The number of hydrogen-bond donors (Lipinski definition) is 0. The number of carbonyl (C=O) groups is 2. The lowest BCUT2D eigenvalue weighted by molar-refractivity contribution is -0.921. The third-order valence-corrected chi connectivity index (χ3v) is 10.0. The monoisotopic (exact) mass is 564 g/mol. The molecule has 0 aliphatic heterocycles. The molecule has 0 saturated heterocycles. The normalized spacial score (nSPS) is 11.5. The lowest BCUT2D eigenvalue weighted by Crippen LogP contribution is -2.47. The van der Waals surface area contributed by atoms with Gasteiger partial charge >= 0.3 is 0 Å². The molecular weight excluding hydrogens is 516 g/mol. The van der Waals surface area contributed by atoms with Gasteiger partial charge in [-0.2, -0.15) is 0 Å². The van der Waals surface area contributed by atoms with E-state index in [0.717, 1.165) is 24.3 Å². The van der Waals surface area contributed by atoms with Gasteiger partial charge in [-0.05, 0) is 67.5 Å². The van der Waals surface area contributed by atoms with Crippen molar-refractivity contribution in [3.8, 4) is 0 Å². The van der Waals surface area contributed by atoms with E-state index >= 15 is 0 Å². The van der Waals surface area contributed by atoms with Gasteiger partial charge in [0, 0.05) is 11.1 Å². The summed E-state index contributed by atoms with van der Waals surface area (Å²) in [5, 5.41) is 22.0. The second-order valence-corrected chi connectivity index (χ2v) is 11.2. The molecule has 0 spiro atoms. The van der Waals surface area contributed by atoms with E-state index in [1.807, 2.05) is 0 Å². The number of carbonyl (C=O) groups excluding carboxylic acids is 2. The summed E-state index contributed by atoms with van der Waals surface area (Å²) < 4.78 is 27.6. The second kappa shape index (κ2) is 17.0. The van der Waals surface area contributed by atoms with Crippen molar-refractivity contribution in [3.05, 3.63) is 59.7 Å². The highest BCUT2D eigenvalue weighted by Gasteiger charge is 2.24. The highest BCUT2D eigenvalue weighted by molar-refractivity contribution is 7.91. The summed E-state index contributed by atoms with van der Waals surface area (Å²) in [5.41, 5.74) is -1.07. The Morgan fingerprint density at radius 2 is 0.769 bits per heavy atom. The molecule has 0 atom stereocenters. The van der Waals surface area contributed by atoms with Crippen LogP contribution in [0.5, 0.6) is 0 Å². The SMILES string of the molecule is CC[N+](CC)(CC)CC.CC[N+](CC)(CC)CC.O=C([O-])c1ccccc1S(=O)(=O)c1ccccc1C(=O)[O-]. The fraction of sp³-hybridized carbons (Fsp3) is 0.533. The molecule has 2 aromatic rings. The molecule has 0 heterocycles.